The second kappa shape index (κ2) is 8.26. The van der Waals surface area contributed by atoms with Crippen LogP contribution in [0.3, 0.4) is 0 Å². The molecule has 0 aliphatic heterocycles. The summed E-state index contributed by atoms with van der Waals surface area (Å²) in [6.07, 6.45) is 1.72. The molecule has 0 saturated heterocycles. The minimum atomic E-state index is -0.292. The van der Waals surface area contributed by atoms with Crippen LogP contribution in [0.25, 0.3) is 16.8 Å². The van der Waals surface area contributed by atoms with Gasteiger partial charge in [-0.3, -0.25) is 9.59 Å². The van der Waals surface area contributed by atoms with Gasteiger partial charge in [-0.15, -0.1) is 0 Å². The maximum absolute atomic E-state index is 12.4. The molecule has 0 aliphatic rings. The first-order valence-corrected chi connectivity index (χ1v) is 7.87. The zero-order valence-electron chi connectivity index (χ0n) is 14.3. The number of benzene rings is 2. The Morgan fingerprint density at radius 3 is 2.50 bits per heavy atom. The Labute approximate surface area is 142 Å². The van der Waals surface area contributed by atoms with Gasteiger partial charge in [-0.05, 0) is 36.5 Å². The number of rotatable bonds is 6. The topological polar surface area (TPSA) is 61.4 Å². The van der Waals surface area contributed by atoms with Gasteiger partial charge in [-0.25, -0.2) is 0 Å². The number of amides is 2. The van der Waals surface area contributed by atoms with Crippen molar-refractivity contribution in [1.29, 1.82) is 0 Å². The molecule has 2 amide bonds. The van der Waals surface area contributed by atoms with Crippen molar-refractivity contribution in [3.63, 3.8) is 0 Å². The molecule has 2 rings (SSSR count). The second-order valence-corrected chi connectivity index (χ2v) is 5.87. The predicted octanol–water partition coefficient (Wildman–Crippen LogP) is 1.99. The third kappa shape index (κ3) is 4.93. The van der Waals surface area contributed by atoms with Crippen molar-refractivity contribution in [2.24, 2.45) is 0 Å². The minimum absolute atomic E-state index is 0.248. The van der Waals surface area contributed by atoms with Crippen molar-refractivity contribution in [3.05, 3.63) is 53.7 Å². The zero-order valence-corrected chi connectivity index (χ0v) is 14.3. The number of hydrogen-bond donors (Lipinski definition) is 2. The lowest BCUT2D eigenvalue weighted by molar-refractivity contribution is -0.122. The molecule has 0 aromatic heterocycles. The number of carbonyl (C=O) groups excluding carboxylic acids is 2. The highest BCUT2D eigenvalue weighted by atomic mass is 16.2. The summed E-state index contributed by atoms with van der Waals surface area (Å²) < 4.78 is 0. The van der Waals surface area contributed by atoms with Crippen LogP contribution in [0.4, 0.5) is 0 Å². The van der Waals surface area contributed by atoms with E-state index in [1.165, 1.54) is 6.92 Å². The molecule has 5 nitrogen and oxygen atoms in total. The van der Waals surface area contributed by atoms with Crippen LogP contribution in [0, 0.1) is 0 Å². The molecule has 0 bridgehead atoms. The van der Waals surface area contributed by atoms with Crippen molar-refractivity contribution >= 4 is 28.7 Å². The summed E-state index contributed by atoms with van der Waals surface area (Å²) in [4.78, 5) is 25.8. The summed E-state index contributed by atoms with van der Waals surface area (Å²) >= 11 is 0. The van der Waals surface area contributed by atoms with Crippen LogP contribution in [0.5, 0.6) is 0 Å². The van der Waals surface area contributed by atoms with Gasteiger partial charge in [0.2, 0.25) is 5.91 Å². The van der Waals surface area contributed by atoms with Crippen LogP contribution in [0.1, 0.15) is 12.5 Å². The first kappa shape index (κ1) is 17.7. The SMILES string of the molecule is CC(=O)N/C(=C/c1cccc2ccccc12)C(=O)NCCN(C)C. The van der Waals surface area contributed by atoms with Gasteiger partial charge in [0.05, 0.1) is 0 Å². The van der Waals surface area contributed by atoms with Crippen molar-refractivity contribution in [1.82, 2.24) is 15.5 Å². The molecule has 0 radical (unpaired) electrons. The molecule has 0 atom stereocenters. The Morgan fingerprint density at radius 1 is 1.08 bits per heavy atom. The van der Waals surface area contributed by atoms with Crippen LogP contribution in [-0.4, -0.2) is 43.9 Å². The number of nitrogens with zero attached hydrogens (tertiary/aromatic N) is 1. The minimum Gasteiger partial charge on any atom is -0.349 e. The van der Waals surface area contributed by atoms with E-state index in [2.05, 4.69) is 10.6 Å². The zero-order chi connectivity index (χ0) is 17.5. The number of hydrogen-bond acceptors (Lipinski definition) is 3. The number of nitrogens with one attached hydrogen (secondary N) is 2. The maximum atomic E-state index is 12.4. The molecule has 2 N–H and O–H groups in total. The van der Waals surface area contributed by atoms with Crippen LogP contribution in [-0.2, 0) is 9.59 Å². The molecular weight excluding hydrogens is 302 g/mol. The van der Waals surface area contributed by atoms with E-state index < -0.39 is 0 Å². The van der Waals surface area contributed by atoms with Gasteiger partial charge in [0.1, 0.15) is 5.70 Å². The maximum Gasteiger partial charge on any atom is 0.267 e. The van der Waals surface area contributed by atoms with Crippen molar-refractivity contribution in [3.8, 4) is 0 Å². The van der Waals surface area contributed by atoms with Crippen LogP contribution in [0.15, 0.2) is 48.2 Å². The summed E-state index contributed by atoms with van der Waals surface area (Å²) in [5.74, 6) is -0.566. The van der Waals surface area contributed by atoms with Crippen molar-refractivity contribution < 1.29 is 9.59 Å². The standard InChI is InChI=1S/C19H23N3O2/c1-14(23)21-18(19(24)20-11-12-22(2)3)13-16-9-6-8-15-7-4-5-10-17(15)16/h4-10,13H,11-12H2,1-3H3,(H,20,24)(H,21,23)/b18-13+. The lowest BCUT2D eigenvalue weighted by Crippen LogP contribution is -2.37. The van der Waals surface area contributed by atoms with Gasteiger partial charge in [0, 0.05) is 20.0 Å². The van der Waals surface area contributed by atoms with E-state index in [0.717, 1.165) is 22.9 Å². The number of likely N-dealkylation sites (N-methyl/N-ethyl adjacent to an activating group) is 1. The van der Waals surface area contributed by atoms with E-state index in [9.17, 15) is 9.59 Å². The fourth-order valence-electron chi connectivity index (χ4n) is 2.37. The molecule has 0 fully saturated rings. The Morgan fingerprint density at radius 2 is 1.79 bits per heavy atom. The molecule has 5 heteroatoms. The van der Waals surface area contributed by atoms with Crippen molar-refractivity contribution in [2.45, 2.75) is 6.92 Å². The Balaban J connectivity index is 2.30. The Bertz CT molecular complexity index is 761. The fraction of sp³-hybridized carbons (Fsp3) is 0.263. The highest BCUT2D eigenvalue weighted by Gasteiger charge is 2.11. The van der Waals surface area contributed by atoms with Gasteiger partial charge >= 0.3 is 0 Å². The molecule has 2 aromatic carbocycles. The molecule has 0 aliphatic carbocycles. The van der Waals surface area contributed by atoms with E-state index in [4.69, 9.17) is 0 Å². The highest BCUT2D eigenvalue weighted by Crippen LogP contribution is 2.20. The predicted molar refractivity (Wildman–Crippen MR) is 97.3 cm³/mol. The van der Waals surface area contributed by atoms with E-state index in [1.807, 2.05) is 61.5 Å². The summed E-state index contributed by atoms with van der Waals surface area (Å²) in [5.41, 5.74) is 1.14. The molecule has 0 saturated carbocycles. The second-order valence-electron chi connectivity index (χ2n) is 5.87. The number of carbonyl (C=O) groups is 2. The van der Waals surface area contributed by atoms with E-state index in [-0.39, 0.29) is 17.5 Å². The third-order valence-corrected chi connectivity index (χ3v) is 3.52. The summed E-state index contributed by atoms with van der Waals surface area (Å²) in [6, 6.07) is 13.8. The fourth-order valence-corrected chi connectivity index (χ4v) is 2.37. The first-order valence-electron chi connectivity index (χ1n) is 7.87. The van der Waals surface area contributed by atoms with Gasteiger partial charge in [0.25, 0.3) is 5.91 Å². The lowest BCUT2D eigenvalue weighted by atomic mass is 10.0. The van der Waals surface area contributed by atoms with Gasteiger partial charge < -0.3 is 15.5 Å². The number of fused-ring (bicyclic) bond motifs is 1. The van der Waals surface area contributed by atoms with Crippen molar-refractivity contribution in [2.75, 3.05) is 27.2 Å². The van der Waals surface area contributed by atoms with Crippen LogP contribution < -0.4 is 10.6 Å². The molecule has 0 spiro atoms. The van der Waals surface area contributed by atoms with E-state index in [1.54, 1.807) is 6.08 Å². The van der Waals surface area contributed by atoms with Gasteiger partial charge in [-0.2, -0.15) is 0 Å². The van der Waals surface area contributed by atoms with Crippen LogP contribution >= 0.6 is 0 Å². The van der Waals surface area contributed by atoms with Gasteiger partial charge in [-0.1, -0.05) is 42.5 Å². The monoisotopic (exact) mass is 325 g/mol. The summed E-state index contributed by atoms with van der Waals surface area (Å²) in [7, 11) is 3.87. The average Bonchev–Trinajstić information content (AvgIpc) is 2.53. The highest BCUT2D eigenvalue weighted by molar-refractivity contribution is 6.03. The quantitative estimate of drug-likeness (QED) is 0.799. The largest absolute Gasteiger partial charge is 0.349 e. The summed E-state index contributed by atoms with van der Waals surface area (Å²) in [5, 5.41) is 7.57. The van der Waals surface area contributed by atoms with Gasteiger partial charge in [0.15, 0.2) is 0 Å². The molecule has 0 heterocycles. The molecule has 126 valence electrons. The normalized spacial score (nSPS) is 11.6. The average molecular weight is 325 g/mol. The van der Waals surface area contributed by atoms with E-state index >= 15 is 0 Å². The Hall–Kier alpha value is -2.66. The Kier molecular flexibility index (Phi) is 6.09. The first-order chi connectivity index (χ1) is 11.5. The molecular formula is C19H23N3O2. The third-order valence-electron chi connectivity index (χ3n) is 3.52. The molecule has 0 unspecified atom stereocenters. The van der Waals surface area contributed by atoms with E-state index in [0.29, 0.717) is 6.54 Å². The smallest absolute Gasteiger partial charge is 0.267 e. The summed E-state index contributed by atoms with van der Waals surface area (Å²) in [6.45, 7) is 2.63. The van der Waals surface area contributed by atoms with Crippen LogP contribution in [0.2, 0.25) is 0 Å². The molecule has 24 heavy (non-hydrogen) atoms. The lowest BCUT2D eigenvalue weighted by Gasteiger charge is -2.13. The molecule has 2 aromatic rings.